The number of carboxylic acids is 1. The second kappa shape index (κ2) is 6.32. The molecule has 0 bridgehead atoms. The molecule has 0 heterocycles. The number of carboxylic acid groups (broad SMARTS) is 1. The van der Waals surface area contributed by atoms with E-state index in [1.54, 1.807) is 13.8 Å². The van der Waals surface area contributed by atoms with Gasteiger partial charge in [0.15, 0.2) is 0 Å². The van der Waals surface area contributed by atoms with Gasteiger partial charge in [-0.25, -0.2) is 9.59 Å². The topological polar surface area (TPSA) is 89.9 Å². The molecule has 0 saturated heterocycles. The Morgan fingerprint density at radius 1 is 1.38 bits per heavy atom. The number of nitrogens with one attached hydrogen (secondary N) is 1. The summed E-state index contributed by atoms with van der Waals surface area (Å²) in [6.45, 7) is 5.39. The van der Waals surface area contributed by atoms with Gasteiger partial charge >= 0.3 is 12.0 Å². The number of carbonyl (C=O) groups is 2. The van der Waals surface area contributed by atoms with E-state index in [-0.39, 0.29) is 13.2 Å². The lowest BCUT2D eigenvalue weighted by Gasteiger charge is -2.29. The first-order chi connectivity index (χ1) is 7.41. The first-order valence-corrected chi connectivity index (χ1v) is 5.32. The molecule has 2 amide bonds. The van der Waals surface area contributed by atoms with E-state index in [0.29, 0.717) is 13.0 Å². The third-order valence-electron chi connectivity index (χ3n) is 2.60. The largest absolute Gasteiger partial charge is 0.480 e. The monoisotopic (exact) mass is 232 g/mol. The molecule has 16 heavy (non-hydrogen) atoms. The van der Waals surface area contributed by atoms with Crippen molar-refractivity contribution in [3.8, 4) is 0 Å². The van der Waals surface area contributed by atoms with Crippen molar-refractivity contribution in [2.45, 2.75) is 32.7 Å². The Balaban J connectivity index is 4.56. The first kappa shape index (κ1) is 14.7. The molecular weight excluding hydrogens is 212 g/mol. The normalized spacial score (nSPS) is 14.0. The summed E-state index contributed by atoms with van der Waals surface area (Å²) in [4.78, 5) is 24.0. The molecule has 0 saturated carbocycles. The van der Waals surface area contributed by atoms with Gasteiger partial charge in [0, 0.05) is 13.1 Å². The van der Waals surface area contributed by atoms with Crippen molar-refractivity contribution in [2.75, 3.05) is 19.7 Å². The molecule has 0 aromatic carbocycles. The maximum absolute atomic E-state index is 11.7. The molecule has 94 valence electrons. The summed E-state index contributed by atoms with van der Waals surface area (Å²) in [6.07, 6.45) is 0.296. The highest BCUT2D eigenvalue weighted by atomic mass is 16.4. The van der Waals surface area contributed by atoms with Crippen molar-refractivity contribution in [1.82, 2.24) is 10.2 Å². The summed E-state index contributed by atoms with van der Waals surface area (Å²) in [5, 5.41) is 20.2. The van der Waals surface area contributed by atoms with Crippen LogP contribution in [0.1, 0.15) is 27.2 Å². The molecule has 1 unspecified atom stereocenters. The number of hydrogen-bond donors (Lipinski definition) is 3. The number of aliphatic hydroxyl groups excluding tert-OH is 1. The summed E-state index contributed by atoms with van der Waals surface area (Å²) in [6, 6.07) is -0.469. The van der Waals surface area contributed by atoms with Crippen molar-refractivity contribution in [2.24, 2.45) is 0 Å². The van der Waals surface area contributed by atoms with Gasteiger partial charge in [0.25, 0.3) is 0 Å². The number of aliphatic hydroxyl groups is 1. The second-order valence-corrected chi connectivity index (χ2v) is 3.72. The van der Waals surface area contributed by atoms with Crippen molar-refractivity contribution in [1.29, 1.82) is 0 Å². The minimum atomic E-state index is -1.26. The predicted molar refractivity (Wildman–Crippen MR) is 59.2 cm³/mol. The number of likely N-dealkylation sites (N-methyl/N-ethyl adjacent to an activating group) is 1. The van der Waals surface area contributed by atoms with E-state index in [9.17, 15) is 9.59 Å². The summed E-state index contributed by atoms with van der Waals surface area (Å²) in [5.74, 6) is -1.07. The van der Waals surface area contributed by atoms with E-state index < -0.39 is 17.5 Å². The minimum Gasteiger partial charge on any atom is -0.480 e. The van der Waals surface area contributed by atoms with Crippen molar-refractivity contribution >= 4 is 12.0 Å². The lowest BCUT2D eigenvalue weighted by molar-refractivity contribution is -0.143. The Bertz CT molecular complexity index is 257. The molecule has 0 aliphatic rings. The highest BCUT2D eigenvalue weighted by Crippen LogP contribution is 2.09. The third-order valence-corrected chi connectivity index (χ3v) is 2.60. The molecule has 6 heteroatoms. The Morgan fingerprint density at radius 2 is 1.94 bits per heavy atom. The predicted octanol–water partition coefficient (Wildman–Crippen LogP) is 0.263. The fourth-order valence-electron chi connectivity index (χ4n) is 1.13. The van der Waals surface area contributed by atoms with E-state index in [2.05, 4.69) is 5.32 Å². The van der Waals surface area contributed by atoms with Crippen LogP contribution in [-0.4, -0.2) is 52.3 Å². The van der Waals surface area contributed by atoms with Crippen LogP contribution in [0.15, 0.2) is 0 Å². The van der Waals surface area contributed by atoms with E-state index in [1.807, 2.05) is 0 Å². The van der Waals surface area contributed by atoms with Crippen LogP contribution in [0.4, 0.5) is 4.79 Å². The van der Waals surface area contributed by atoms with Gasteiger partial charge in [-0.2, -0.15) is 0 Å². The smallest absolute Gasteiger partial charge is 0.329 e. The Morgan fingerprint density at radius 3 is 2.25 bits per heavy atom. The van der Waals surface area contributed by atoms with Crippen LogP contribution >= 0.6 is 0 Å². The van der Waals surface area contributed by atoms with Crippen LogP contribution in [0.5, 0.6) is 0 Å². The zero-order chi connectivity index (χ0) is 12.8. The number of aliphatic carboxylic acids is 1. The van der Waals surface area contributed by atoms with E-state index in [0.717, 1.165) is 0 Å². The Labute approximate surface area is 95.2 Å². The molecule has 0 aliphatic heterocycles. The average molecular weight is 232 g/mol. The van der Waals surface area contributed by atoms with Gasteiger partial charge in [-0.1, -0.05) is 6.92 Å². The molecule has 0 rings (SSSR count). The lowest BCUT2D eigenvalue weighted by Crippen LogP contribution is -2.56. The molecule has 0 aromatic heterocycles. The molecule has 0 fully saturated rings. The van der Waals surface area contributed by atoms with Crippen molar-refractivity contribution in [3.63, 3.8) is 0 Å². The maximum Gasteiger partial charge on any atom is 0.329 e. The van der Waals surface area contributed by atoms with Crippen molar-refractivity contribution in [3.05, 3.63) is 0 Å². The fourth-order valence-corrected chi connectivity index (χ4v) is 1.13. The maximum atomic E-state index is 11.7. The van der Waals surface area contributed by atoms with Gasteiger partial charge in [-0.15, -0.1) is 0 Å². The lowest BCUT2D eigenvalue weighted by atomic mass is 10.00. The van der Waals surface area contributed by atoms with Gasteiger partial charge < -0.3 is 20.4 Å². The molecule has 0 aromatic rings. The van der Waals surface area contributed by atoms with Crippen molar-refractivity contribution < 1.29 is 19.8 Å². The fraction of sp³-hybridized carbons (Fsp3) is 0.800. The van der Waals surface area contributed by atoms with Crippen LogP contribution < -0.4 is 5.32 Å². The molecular formula is C10H20N2O4. The highest BCUT2D eigenvalue weighted by Gasteiger charge is 2.33. The number of nitrogens with zero attached hydrogens (tertiary/aromatic N) is 1. The number of amides is 2. The first-order valence-electron chi connectivity index (χ1n) is 5.32. The number of urea groups is 1. The number of hydrogen-bond acceptors (Lipinski definition) is 3. The molecule has 0 radical (unpaired) electrons. The number of carbonyl (C=O) groups excluding carboxylic acids is 1. The van der Waals surface area contributed by atoms with E-state index >= 15 is 0 Å². The van der Waals surface area contributed by atoms with Gasteiger partial charge in [0.05, 0.1) is 6.61 Å². The SMILES string of the molecule is CCN(CCO)C(=O)NC(C)(CC)C(=O)O. The molecule has 6 nitrogen and oxygen atoms in total. The van der Waals surface area contributed by atoms with Gasteiger partial charge in [-0.3, -0.25) is 0 Å². The number of rotatable bonds is 6. The minimum absolute atomic E-state index is 0.142. The van der Waals surface area contributed by atoms with E-state index in [4.69, 9.17) is 10.2 Å². The second-order valence-electron chi connectivity index (χ2n) is 3.72. The Hall–Kier alpha value is -1.30. The zero-order valence-corrected chi connectivity index (χ0v) is 9.99. The highest BCUT2D eigenvalue weighted by molar-refractivity contribution is 5.85. The van der Waals surface area contributed by atoms with Crippen LogP contribution in [0, 0.1) is 0 Å². The van der Waals surface area contributed by atoms with Crippen LogP contribution in [0.2, 0.25) is 0 Å². The molecule has 3 N–H and O–H groups in total. The summed E-state index contributed by atoms with van der Waals surface area (Å²) in [7, 11) is 0. The molecule has 1 atom stereocenters. The summed E-state index contributed by atoms with van der Waals surface area (Å²) >= 11 is 0. The van der Waals surface area contributed by atoms with Gasteiger partial charge in [0.1, 0.15) is 5.54 Å². The summed E-state index contributed by atoms with van der Waals surface area (Å²) < 4.78 is 0. The molecule has 0 aliphatic carbocycles. The van der Waals surface area contributed by atoms with E-state index in [1.165, 1.54) is 11.8 Å². The van der Waals surface area contributed by atoms with Crippen LogP contribution in [0.25, 0.3) is 0 Å². The molecule has 0 spiro atoms. The van der Waals surface area contributed by atoms with Crippen LogP contribution in [-0.2, 0) is 4.79 Å². The standard InChI is InChI=1S/C10H20N2O4/c1-4-10(3,8(14)15)11-9(16)12(5-2)6-7-13/h13H,4-7H2,1-3H3,(H,11,16)(H,14,15). The van der Waals surface area contributed by atoms with Crippen LogP contribution in [0.3, 0.4) is 0 Å². The zero-order valence-electron chi connectivity index (χ0n) is 9.99. The Kier molecular flexibility index (Phi) is 5.81. The van der Waals surface area contributed by atoms with Gasteiger partial charge in [0.2, 0.25) is 0 Å². The summed E-state index contributed by atoms with van der Waals surface area (Å²) in [5.41, 5.74) is -1.26. The average Bonchev–Trinajstić information content (AvgIpc) is 2.25. The quantitative estimate of drug-likeness (QED) is 0.613. The third kappa shape index (κ3) is 3.69. The van der Waals surface area contributed by atoms with Gasteiger partial charge in [-0.05, 0) is 20.3 Å².